The molecule has 4 rings (SSSR count). The van der Waals surface area contributed by atoms with Crippen LogP contribution in [0.5, 0.6) is 0 Å². The molecule has 0 radical (unpaired) electrons. The van der Waals surface area contributed by atoms with Crippen molar-refractivity contribution >= 4 is 34.2 Å². The maximum Gasteiger partial charge on any atom is 0.243 e. The zero-order valence-corrected chi connectivity index (χ0v) is 22.0. The summed E-state index contributed by atoms with van der Waals surface area (Å²) in [5.41, 5.74) is 2.95. The van der Waals surface area contributed by atoms with E-state index in [2.05, 4.69) is 29.6 Å². The molecule has 0 aliphatic rings. The van der Waals surface area contributed by atoms with Gasteiger partial charge in [0.1, 0.15) is 6.04 Å². The van der Waals surface area contributed by atoms with Crippen molar-refractivity contribution in [1.29, 1.82) is 0 Å². The normalized spacial score (nSPS) is 11.7. The second-order valence-corrected chi connectivity index (χ2v) is 9.66. The quantitative estimate of drug-likeness (QED) is 0.246. The molecule has 0 aliphatic heterocycles. The lowest BCUT2D eigenvalue weighted by Gasteiger charge is -2.32. The van der Waals surface area contributed by atoms with Crippen LogP contribution in [0.4, 0.5) is 0 Å². The van der Waals surface area contributed by atoms with E-state index in [-0.39, 0.29) is 18.4 Å². The molecular formula is C32H33ClN2O2. The number of rotatable bonds is 11. The molecule has 4 aromatic carbocycles. The first kappa shape index (κ1) is 26.4. The first-order chi connectivity index (χ1) is 18.1. The predicted octanol–water partition coefficient (Wildman–Crippen LogP) is 6.59. The topological polar surface area (TPSA) is 49.4 Å². The molecule has 0 saturated carbocycles. The summed E-state index contributed by atoms with van der Waals surface area (Å²) in [5, 5.41) is 5.91. The Balaban J connectivity index is 1.64. The number of carbonyl (C=O) groups excluding carboxylic acids is 2. The summed E-state index contributed by atoms with van der Waals surface area (Å²) in [4.78, 5) is 29.0. The third kappa shape index (κ3) is 6.99. The Labute approximate surface area is 224 Å². The summed E-state index contributed by atoms with van der Waals surface area (Å²) in [6.07, 6.45) is 2.14. The van der Waals surface area contributed by atoms with Crippen LogP contribution in [-0.2, 0) is 29.0 Å². The monoisotopic (exact) mass is 512 g/mol. The maximum atomic E-state index is 13.9. The molecule has 0 saturated heterocycles. The summed E-state index contributed by atoms with van der Waals surface area (Å²) < 4.78 is 0. The lowest BCUT2D eigenvalue weighted by molar-refractivity contribution is -0.141. The minimum atomic E-state index is -0.648. The minimum absolute atomic E-state index is 0.0690. The predicted molar refractivity (Wildman–Crippen MR) is 152 cm³/mol. The number of carbonyl (C=O) groups is 2. The highest BCUT2D eigenvalue weighted by Gasteiger charge is 2.30. The molecule has 0 aromatic heterocycles. The highest BCUT2D eigenvalue weighted by molar-refractivity contribution is 6.31. The van der Waals surface area contributed by atoms with Crippen molar-refractivity contribution in [3.63, 3.8) is 0 Å². The van der Waals surface area contributed by atoms with Gasteiger partial charge in [0.25, 0.3) is 0 Å². The summed E-state index contributed by atoms with van der Waals surface area (Å²) in [6.45, 7) is 2.85. The van der Waals surface area contributed by atoms with Gasteiger partial charge in [-0.2, -0.15) is 0 Å². The van der Waals surface area contributed by atoms with Gasteiger partial charge in [-0.15, -0.1) is 0 Å². The van der Waals surface area contributed by atoms with Crippen molar-refractivity contribution in [2.24, 2.45) is 0 Å². The standard InChI is InChI=1S/C32H33ClN2O2/c1-2-21-34-32(37)30(22-24-11-4-3-5-12-24)35(23-27-14-7-9-18-29(27)33)31(36)20-19-26-16-10-15-25-13-6-8-17-28(25)26/h3-18,30H,2,19-23H2,1H3,(H,34,37)/t30-/m0/s1. The largest absolute Gasteiger partial charge is 0.354 e. The van der Waals surface area contributed by atoms with Crippen LogP contribution >= 0.6 is 11.6 Å². The van der Waals surface area contributed by atoms with Crippen LogP contribution in [0.25, 0.3) is 10.8 Å². The third-order valence-electron chi connectivity index (χ3n) is 6.61. The van der Waals surface area contributed by atoms with Crippen molar-refractivity contribution < 1.29 is 9.59 Å². The van der Waals surface area contributed by atoms with Crippen molar-refractivity contribution in [3.8, 4) is 0 Å². The van der Waals surface area contributed by atoms with Gasteiger partial charge in [-0.05, 0) is 46.4 Å². The van der Waals surface area contributed by atoms with Crippen LogP contribution in [-0.4, -0.2) is 29.3 Å². The molecule has 0 fully saturated rings. The van der Waals surface area contributed by atoms with Crippen molar-refractivity contribution in [3.05, 3.63) is 119 Å². The lowest BCUT2D eigenvalue weighted by Crippen LogP contribution is -2.50. The third-order valence-corrected chi connectivity index (χ3v) is 6.98. The smallest absolute Gasteiger partial charge is 0.243 e. The Bertz CT molecular complexity index is 1330. The molecule has 5 heteroatoms. The Morgan fingerprint density at radius 1 is 0.838 bits per heavy atom. The molecule has 4 aromatic rings. The highest BCUT2D eigenvalue weighted by atomic mass is 35.5. The van der Waals surface area contributed by atoms with E-state index in [1.54, 1.807) is 4.90 Å². The van der Waals surface area contributed by atoms with E-state index in [1.807, 2.05) is 79.7 Å². The first-order valence-electron chi connectivity index (χ1n) is 12.9. The van der Waals surface area contributed by atoms with Crippen LogP contribution in [0.2, 0.25) is 5.02 Å². The summed E-state index contributed by atoms with van der Waals surface area (Å²) in [6, 6.07) is 31.1. The maximum absolute atomic E-state index is 13.9. The van der Waals surface area contributed by atoms with E-state index in [0.29, 0.717) is 30.8 Å². The van der Waals surface area contributed by atoms with Crippen LogP contribution in [0.3, 0.4) is 0 Å². The first-order valence-corrected chi connectivity index (χ1v) is 13.3. The van der Waals surface area contributed by atoms with Crippen LogP contribution in [0.1, 0.15) is 36.5 Å². The molecular weight excluding hydrogens is 480 g/mol. The average Bonchev–Trinajstić information content (AvgIpc) is 2.93. The van der Waals surface area contributed by atoms with E-state index in [9.17, 15) is 9.59 Å². The number of aryl methyl sites for hydroxylation is 1. The van der Waals surface area contributed by atoms with Gasteiger partial charge in [0.2, 0.25) is 11.8 Å². The fourth-order valence-corrected chi connectivity index (χ4v) is 4.82. The van der Waals surface area contributed by atoms with Crippen LogP contribution in [0, 0.1) is 0 Å². The highest BCUT2D eigenvalue weighted by Crippen LogP contribution is 2.23. The number of benzene rings is 4. The van der Waals surface area contributed by atoms with Gasteiger partial charge < -0.3 is 10.2 Å². The molecule has 37 heavy (non-hydrogen) atoms. The summed E-state index contributed by atoms with van der Waals surface area (Å²) >= 11 is 6.50. The molecule has 0 heterocycles. The van der Waals surface area contributed by atoms with Crippen molar-refractivity contribution in [1.82, 2.24) is 10.2 Å². The van der Waals surface area contributed by atoms with Gasteiger partial charge in [-0.25, -0.2) is 0 Å². The molecule has 4 nitrogen and oxygen atoms in total. The fourth-order valence-electron chi connectivity index (χ4n) is 4.63. The summed E-state index contributed by atoms with van der Waals surface area (Å²) in [5.74, 6) is -0.211. The van der Waals surface area contributed by atoms with E-state index < -0.39 is 6.04 Å². The number of hydrogen-bond acceptors (Lipinski definition) is 2. The van der Waals surface area contributed by atoms with Crippen molar-refractivity contribution in [2.75, 3.05) is 6.54 Å². The fraction of sp³-hybridized carbons (Fsp3) is 0.250. The van der Waals surface area contributed by atoms with Gasteiger partial charge in [-0.1, -0.05) is 110 Å². The van der Waals surface area contributed by atoms with Gasteiger partial charge in [0, 0.05) is 31.0 Å². The van der Waals surface area contributed by atoms with Crippen LogP contribution in [0.15, 0.2) is 97.1 Å². The Hall–Kier alpha value is -3.63. The molecule has 1 atom stereocenters. The molecule has 0 spiro atoms. The number of nitrogens with one attached hydrogen (secondary N) is 1. The van der Waals surface area contributed by atoms with Crippen molar-refractivity contribution in [2.45, 2.75) is 45.2 Å². The average molecular weight is 513 g/mol. The number of fused-ring (bicyclic) bond motifs is 1. The Morgan fingerprint density at radius 3 is 2.30 bits per heavy atom. The van der Waals surface area contributed by atoms with Gasteiger partial charge in [0.05, 0.1) is 0 Å². The second-order valence-electron chi connectivity index (χ2n) is 9.25. The van der Waals surface area contributed by atoms with Gasteiger partial charge in [-0.3, -0.25) is 9.59 Å². The molecule has 0 bridgehead atoms. The SMILES string of the molecule is CCCNC(=O)[C@H](Cc1ccccc1)N(Cc1ccccc1Cl)C(=O)CCc1cccc2ccccc12. The number of halogens is 1. The number of hydrogen-bond donors (Lipinski definition) is 1. The van der Waals surface area contributed by atoms with Crippen LogP contribution < -0.4 is 5.32 Å². The number of amides is 2. The molecule has 2 amide bonds. The zero-order chi connectivity index (χ0) is 26.0. The van der Waals surface area contributed by atoms with Gasteiger partial charge >= 0.3 is 0 Å². The second kappa shape index (κ2) is 13.1. The van der Waals surface area contributed by atoms with E-state index in [4.69, 9.17) is 11.6 Å². The lowest BCUT2D eigenvalue weighted by atomic mass is 9.99. The molecule has 0 unspecified atom stereocenters. The van der Waals surface area contributed by atoms with Gasteiger partial charge in [0.15, 0.2) is 0 Å². The summed E-state index contributed by atoms with van der Waals surface area (Å²) in [7, 11) is 0. The molecule has 0 aliphatic carbocycles. The van der Waals surface area contributed by atoms with E-state index in [1.165, 1.54) is 0 Å². The Morgan fingerprint density at radius 2 is 1.51 bits per heavy atom. The minimum Gasteiger partial charge on any atom is -0.354 e. The van der Waals surface area contributed by atoms with E-state index >= 15 is 0 Å². The zero-order valence-electron chi connectivity index (χ0n) is 21.2. The van der Waals surface area contributed by atoms with E-state index in [0.717, 1.165) is 33.9 Å². The Kier molecular flexibility index (Phi) is 9.34. The number of nitrogens with zero attached hydrogens (tertiary/aromatic N) is 1. The molecule has 190 valence electrons. The molecule has 1 N–H and O–H groups in total.